The van der Waals surface area contributed by atoms with Gasteiger partial charge in [-0.1, -0.05) is 32.5 Å². The van der Waals surface area contributed by atoms with E-state index in [2.05, 4.69) is 41.3 Å². The van der Waals surface area contributed by atoms with Crippen molar-refractivity contribution in [2.24, 2.45) is 10.5 Å². The summed E-state index contributed by atoms with van der Waals surface area (Å²) in [5, 5.41) is 4.39. The minimum Gasteiger partial charge on any atom is -0.481 e. The van der Waals surface area contributed by atoms with Crippen molar-refractivity contribution in [3.63, 3.8) is 0 Å². The maximum atomic E-state index is 11.7. The van der Waals surface area contributed by atoms with Gasteiger partial charge in [-0.05, 0) is 26.2 Å². The highest BCUT2D eigenvalue weighted by atomic mass is 32.2. The molecule has 9 heteroatoms. The van der Waals surface area contributed by atoms with Gasteiger partial charge >= 0.3 is 6.09 Å². The molecule has 0 bridgehead atoms. The standard InChI is InChI=1S/C17H28N4O4S/c1-16(2,3)11(10-18-21-15(22)25-17(4,5)6)26-14-19-12(23-7)9-13(20-14)24-8/h9-11H,1-8H3,(H,21,22). The van der Waals surface area contributed by atoms with E-state index in [1.165, 1.54) is 26.0 Å². The second-order valence-electron chi connectivity index (χ2n) is 7.53. The van der Waals surface area contributed by atoms with E-state index in [-0.39, 0.29) is 10.7 Å². The minimum atomic E-state index is -0.606. The highest BCUT2D eigenvalue weighted by Crippen LogP contribution is 2.34. The summed E-state index contributed by atoms with van der Waals surface area (Å²) in [4.78, 5) is 20.3. The molecule has 1 unspecified atom stereocenters. The van der Waals surface area contributed by atoms with Crippen LogP contribution in [-0.4, -0.2) is 47.3 Å². The Hall–Kier alpha value is -2.03. The lowest BCUT2D eigenvalue weighted by Crippen LogP contribution is -2.31. The van der Waals surface area contributed by atoms with Crippen LogP contribution in [0.1, 0.15) is 41.5 Å². The first-order valence-electron chi connectivity index (χ1n) is 8.10. The number of ether oxygens (including phenoxy) is 3. The van der Waals surface area contributed by atoms with E-state index in [1.54, 1.807) is 33.1 Å². The molecule has 0 aliphatic rings. The molecular formula is C17H28N4O4S. The van der Waals surface area contributed by atoms with Gasteiger partial charge in [0.25, 0.3) is 0 Å². The second kappa shape index (κ2) is 9.07. The fourth-order valence-corrected chi connectivity index (χ4v) is 2.64. The van der Waals surface area contributed by atoms with Crippen LogP contribution in [0.5, 0.6) is 11.8 Å². The summed E-state index contributed by atoms with van der Waals surface area (Å²) >= 11 is 1.40. The first-order valence-corrected chi connectivity index (χ1v) is 8.98. The second-order valence-corrected chi connectivity index (χ2v) is 8.64. The summed E-state index contributed by atoms with van der Waals surface area (Å²) in [6.45, 7) is 11.5. The van der Waals surface area contributed by atoms with Crippen molar-refractivity contribution in [2.45, 2.75) is 57.5 Å². The van der Waals surface area contributed by atoms with Gasteiger partial charge in [-0.3, -0.25) is 0 Å². The van der Waals surface area contributed by atoms with Crippen LogP contribution in [0.2, 0.25) is 0 Å². The molecule has 26 heavy (non-hydrogen) atoms. The molecule has 0 aliphatic carbocycles. The number of hydrazone groups is 1. The zero-order chi connectivity index (χ0) is 20.0. The number of carbonyl (C=O) groups is 1. The highest BCUT2D eigenvalue weighted by Gasteiger charge is 2.26. The molecule has 0 spiro atoms. The van der Waals surface area contributed by atoms with Gasteiger partial charge in [0.2, 0.25) is 11.8 Å². The minimum absolute atomic E-state index is 0.116. The van der Waals surface area contributed by atoms with Crippen LogP contribution in [0.25, 0.3) is 0 Å². The van der Waals surface area contributed by atoms with E-state index in [0.717, 1.165) is 0 Å². The lowest BCUT2D eigenvalue weighted by atomic mass is 9.92. The van der Waals surface area contributed by atoms with Crippen LogP contribution in [0.15, 0.2) is 16.3 Å². The fourth-order valence-electron chi connectivity index (χ4n) is 1.65. The topological polar surface area (TPSA) is 94.9 Å². The molecule has 1 aromatic heterocycles. The Balaban J connectivity index is 2.89. The lowest BCUT2D eigenvalue weighted by molar-refractivity contribution is 0.0529. The van der Waals surface area contributed by atoms with Gasteiger partial charge < -0.3 is 14.2 Å². The number of amides is 1. The number of carbonyl (C=O) groups excluding carboxylic acids is 1. The molecule has 1 amide bonds. The van der Waals surface area contributed by atoms with Gasteiger partial charge in [-0.25, -0.2) is 10.2 Å². The maximum absolute atomic E-state index is 11.7. The quantitative estimate of drug-likeness (QED) is 0.347. The number of rotatable bonds is 6. The summed E-state index contributed by atoms with van der Waals surface area (Å²) in [6, 6.07) is 1.61. The summed E-state index contributed by atoms with van der Waals surface area (Å²) in [7, 11) is 3.06. The number of hydrogen-bond acceptors (Lipinski definition) is 8. The molecule has 1 heterocycles. The molecule has 8 nitrogen and oxygen atoms in total. The van der Waals surface area contributed by atoms with Gasteiger partial charge in [0.05, 0.1) is 25.5 Å². The maximum Gasteiger partial charge on any atom is 0.428 e. The van der Waals surface area contributed by atoms with E-state index in [0.29, 0.717) is 16.9 Å². The zero-order valence-electron chi connectivity index (χ0n) is 16.6. The van der Waals surface area contributed by atoms with Gasteiger partial charge in [0.1, 0.15) is 5.60 Å². The van der Waals surface area contributed by atoms with Crippen LogP contribution >= 0.6 is 11.8 Å². The SMILES string of the molecule is COc1cc(OC)nc(SC(C=NNC(=O)OC(C)(C)C)C(C)(C)C)n1. The molecule has 0 aromatic carbocycles. The number of methoxy groups -OCH3 is 2. The van der Waals surface area contributed by atoms with E-state index in [9.17, 15) is 4.79 Å². The normalized spacial score (nSPS) is 13.4. The van der Waals surface area contributed by atoms with Crippen LogP contribution in [0.4, 0.5) is 4.79 Å². The smallest absolute Gasteiger partial charge is 0.428 e. The van der Waals surface area contributed by atoms with Crippen molar-refractivity contribution in [1.29, 1.82) is 0 Å². The number of nitrogens with one attached hydrogen (secondary N) is 1. The summed E-state index contributed by atoms with van der Waals surface area (Å²) in [6.07, 6.45) is 1.04. The molecule has 1 atom stereocenters. The number of thioether (sulfide) groups is 1. The van der Waals surface area contributed by atoms with Crippen molar-refractivity contribution < 1.29 is 19.0 Å². The Morgan fingerprint density at radius 3 is 2.12 bits per heavy atom. The molecular weight excluding hydrogens is 356 g/mol. The number of hydrogen-bond donors (Lipinski definition) is 1. The molecule has 1 N–H and O–H groups in total. The van der Waals surface area contributed by atoms with Gasteiger partial charge in [0.15, 0.2) is 5.16 Å². The van der Waals surface area contributed by atoms with Crippen molar-refractivity contribution >= 4 is 24.1 Å². The molecule has 0 fully saturated rings. The van der Waals surface area contributed by atoms with E-state index >= 15 is 0 Å². The monoisotopic (exact) mass is 384 g/mol. The molecule has 1 rings (SSSR count). The summed E-state index contributed by atoms with van der Waals surface area (Å²) in [5.74, 6) is 0.826. The van der Waals surface area contributed by atoms with Crippen LogP contribution in [0.3, 0.4) is 0 Å². The predicted molar refractivity (Wildman–Crippen MR) is 102 cm³/mol. The average Bonchev–Trinajstić information content (AvgIpc) is 2.50. The van der Waals surface area contributed by atoms with Crippen molar-refractivity contribution in [3.8, 4) is 11.8 Å². The van der Waals surface area contributed by atoms with Crippen molar-refractivity contribution in [1.82, 2.24) is 15.4 Å². The Morgan fingerprint density at radius 1 is 1.15 bits per heavy atom. The molecule has 0 aliphatic heterocycles. The largest absolute Gasteiger partial charge is 0.481 e. The average molecular weight is 385 g/mol. The van der Waals surface area contributed by atoms with Gasteiger partial charge in [-0.2, -0.15) is 15.1 Å². The molecule has 146 valence electrons. The molecule has 0 saturated heterocycles. The van der Waals surface area contributed by atoms with Crippen LogP contribution < -0.4 is 14.9 Å². The van der Waals surface area contributed by atoms with Gasteiger partial charge in [-0.15, -0.1) is 0 Å². The van der Waals surface area contributed by atoms with Crippen LogP contribution in [0, 0.1) is 5.41 Å². The zero-order valence-corrected chi connectivity index (χ0v) is 17.4. The molecule has 1 aromatic rings. The summed E-state index contributed by atoms with van der Waals surface area (Å²) < 4.78 is 15.5. The van der Waals surface area contributed by atoms with Gasteiger partial charge in [0, 0.05) is 6.21 Å². The van der Waals surface area contributed by atoms with E-state index < -0.39 is 11.7 Å². The number of aromatic nitrogens is 2. The Kier molecular flexibility index (Phi) is 7.68. The van der Waals surface area contributed by atoms with E-state index in [4.69, 9.17) is 14.2 Å². The molecule has 0 radical (unpaired) electrons. The first kappa shape index (κ1) is 22.0. The first-order chi connectivity index (χ1) is 11.9. The molecule has 0 saturated carbocycles. The Morgan fingerprint density at radius 2 is 1.69 bits per heavy atom. The third kappa shape index (κ3) is 7.90. The predicted octanol–water partition coefficient (Wildman–Crippen LogP) is 3.51. The lowest BCUT2D eigenvalue weighted by Gasteiger charge is -2.26. The van der Waals surface area contributed by atoms with E-state index in [1.807, 2.05) is 0 Å². The van der Waals surface area contributed by atoms with Crippen molar-refractivity contribution in [2.75, 3.05) is 14.2 Å². The summed E-state index contributed by atoms with van der Waals surface area (Å²) in [5.41, 5.74) is 1.63. The van der Waals surface area contributed by atoms with Crippen LogP contribution in [-0.2, 0) is 4.74 Å². The number of nitrogens with zero attached hydrogens (tertiary/aromatic N) is 3. The Labute approximate surface area is 159 Å². The highest BCUT2D eigenvalue weighted by molar-refractivity contribution is 8.00. The third-order valence-electron chi connectivity index (χ3n) is 2.93. The fraction of sp³-hybridized carbons (Fsp3) is 0.647. The van der Waals surface area contributed by atoms with Crippen molar-refractivity contribution in [3.05, 3.63) is 6.07 Å². The Bertz CT molecular complexity index is 616. The third-order valence-corrected chi connectivity index (χ3v) is 4.40.